The number of carbonyl (C=O) groups excluding carboxylic acids is 1. The molecule has 0 fully saturated rings. The van der Waals surface area contributed by atoms with Crippen molar-refractivity contribution in [1.29, 1.82) is 5.26 Å². The molecule has 0 aliphatic carbocycles. The molecule has 1 aromatic heterocycles. The standard InChI is InChI=1S/C20H15NO5/c1-2-25-19(22)16(11-21)9-15-7-14-8-17-12-24-6-4-3-5-13(17)10-18(14)26-20(15)23/h7-10H,2,4,6,12H2,1H3. The third-order valence-corrected chi connectivity index (χ3v) is 3.75. The highest BCUT2D eigenvalue weighted by Gasteiger charge is 2.14. The van der Waals surface area contributed by atoms with Crippen molar-refractivity contribution in [2.24, 2.45) is 0 Å². The van der Waals surface area contributed by atoms with E-state index in [1.807, 2.05) is 6.07 Å². The summed E-state index contributed by atoms with van der Waals surface area (Å²) < 4.78 is 15.7. The van der Waals surface area contributed by atoms with E-state index in [0.717, 1.165) is 11.1 Å². The normalized spacial score (nSPS) is 13.6. The molecule has 0 amide bonds. The number of rotatable bonds is 3. The third kappa shape index (κ3) is 3.66. The highest BCUT2D eigenvalue weighted by molar-refractivity contribution is 5.98. The fourth-order valence-corrected chi connectivity index (χ4v) is 2.53. The minimum Gasteiger partial charge on any atom is -0.462 e. The highest BCUT2D eigenvalue weighted by Crippen LogP contribution is 2.22. The number of fused-ring (bicyclic) bond motifs is 2. The molecule has 0 radical (unpaired) electrons. The first-order chi connectivity index (χ1) is 12.6. The monoisotopic (exact) mass is 349 g/mol. The topological polar surface area (TPSA) is 89.5 Å². The molecule has 1 aliphatic rings. The predicted octanol–water partition coefficient (Wildman–Crippen LogP) is 2.53. The predicted molar refractivity (Wildman–Crippen MR) is 93.9 cm³/mol. The van der Waals surface area contributed by atoms with E-state index in [-0.39, 0.29) is 17.7 Å². The van der Waals surface area contributed by atoms with Crippen molar-refractivity contribution in [3.8, 4) is 17.9 Å². The Morgan fingerprint density at radius 3 is 3.04 bits per heavy atom. The van der Waals surface area contributed by atoms with Gasteiger partial charge in [-0.2, -0.15) is 5.26 Å². The van der Waals surface area contributed by atoms with Crippen LogP contribution in [0, 0.1) is 23.2 Å². The Morgan fingerprint density at radius 2 is 2.27 bits per heavy atom. The van der Waals surface area contributed by atoms with E-state index in [2.05, 4.69) is 11.8 Å². The van der Waals surface area contributed by atoms with Gasteiger partial charge in [-0.05, 0) is 36.8 Å². The van der Waals surface area contributed by atoms with Crippen LogP contribution in [-0.2, 0) is 20.9 Å². The summed E-state index contributed by atoms with van der Waals surface area (Å²) in [6.45, 7) is 2.75. The number of ether oxygens (including phenoxy) is 2. The van der Waals surface area contributed by atoms with Gasteiger partial charge < -0.3 is 13.9 Å². The molecule has 1 aliphatic heterocycles. The van der Waals surface area contributed by atoms with Crippen molar-refractivity contribution in [1.82, 2.24) is 0 Å². The van der Waals surface area contributed by atoms with E-state index < -0.39 is 11.6 Å². The second kappa shape index (κ2) is 7.69. The maximum Gasteiger partial charge on any atom is 0.348 e. The van der Waals surface area contributed by atoms with Gasteiger partial charge in [0.25, 0.3) is 0 Å². The van der Waals surface area contributed by atoms with E-state index in [9.17, 15) is 9.59 Å². The number of hydrogen-bond donors (Lipinski definition) is 0. The lowest BCUT2D eigenvalue weighted by Crippen LogP contribution is -2.09. The molecule has 6 heteroatoms. The highest BCUT2D eigenvalue weighted by atomic mass is 16.5. The molecule has 0 spiro atoms. The molecule has 26 heavy (non-hydrogen) atoms. The minimum absolute atomic E-state index is 0.0971. The van der Waals surface area contributed by atoms with Gasteiger partial charge in [-0.3, -0.25) is 0 Å². The van der Waals surface area contributed by atoms with Crippen molar-refractivity contribution in [3.05, 3.63) is 50.9 Å². The van der Waals surface area contributed by atoms with Crippen LogP contribution in [0.3, 0.4) is 0 Å². The molecule has 2 aromatic rings. The second-order valence-corrected chi connectivity index (χ2v) is 5.53. The van der Waals surface area contributed by atoms with E-state index in [4.69, 9.17) is 19.2 Å². The van der Waals surface area contributed by atoms with Gasteiger partial charge in [-0.25, -0.2) is 9.59 Å². The minimum atomic E-state index is -0.781. The Balaban J connectivity index is 2.11. The van der Waals surface area contributed by atoms with Crippen LogP contribution in [0.1, 0.15) is 30.0 Å². The number of nitriles is 1. The van der Waals surface area contributed by atoms with Crippen molar-refractivity contribution in [3.63, 3.8) is 0 Å². The molecule has 6 nitrogen and oxygen atoms in total. The quantitative estimate of drug-likeness (QED) is 0.278. The van der Waals surface area contributed by atoms with Crippen LogP contribution >= 0.6 is 0 Å². The number of hydrogen-bond acceptors (Lipinski definition) is 6. The van der Waals surface area contributed by atoms with E-state index in [0.29, 0.717) is 30.6 Å². The maximum absolute atomic E-state index is 12.2. The van der Waals surface area contributed by atoms with Gasteiger partial charge in [0.15, 0.2) is 0 Å². The zero-order valence-electron chi connectivity index (χ0n) is 14.1. The van der Waals surface area contributed by atoms with Crippen molar-refractivity contribution < 1.29 is 18.7 Å². The second-order valence-electron chi connectivity index (χ2n) is 5.53. The number of esters is 1. The summed E-state index contributed by atoms with van der Waals surface area (Å²) in [7, 11) is 0. The van der Waals surface area contributed by atoms with Gasteiger partial charge in [-0.1, -0.05) is 11.8 Å². The smallest absolute Gasteiger partial charge is 0.348 e. The van der Waals surface area contributed by atoms with Gasteiger partial charge in [0.05, 0.1) is 25.4 Å². The maximum atomic E-state index is 12.2. The summed E-state index contributed by atoms with van der Waals surface area (Å²) in [6.07, 6.45) is 1.83. The van der Waals surface area contributed by atoms with Crippen molar-refractivity contribution in [2.75, 3.05) is 13.2 Å². The van der Waals surface area contributed by atoms with Crippen LogP contribution < -0.4 is 5.63 Å². The largest absolute Gasteiger partial charge is 0.462 e. The van der Waals surface area contributed by atoms with Crippen LogP contribution in [0.4, 0.5) is 0 Å². The summed E-state index contributed by atoms with van der Waals surface area (Å²) in [5, 5.41) is 9.78. The first kappa shape index (κ1) is 17.5. The molecule has 0 unspecified atom stereocenters. The lowest BCUT2D eigenvalue weighted by molar-refractivity contribution is -0.137. The van der Waals surface area contributed by atoms with Gasteiger partial charge >= 0.3 is 11.6 Å². The molecule has 130 valence electrons. The molecule has 0 saturated heterocycles. The Kier molecular flexibility index (Phi) is 5.17. The molecule has 3 rings (SSSR count). The first-order valence-corrected chi connectivity index (χ1v) is 8.08. The fourth-order valence-electron chi connectivity index (χ4n) is 2.53. The molecule has 0 bridgehead atoms. The summed E-state index contributed by atoms with van der Waals surface area (Å²) in [5.41, 5.74) is 1.21. The van der Waals surface area contributed by atoms with Crippen molar-refractivity contribution in [2.45, 2.75) is 20.0 Å². The summed E-state index contributed by atoms with van der Waals surface area (Å²) in [4.78, 5) is 24.0. The van der Waals surface area contributed by atoms with Crippen LogP contribution in [0.5, 0.6) is 0 Å². The summed E-state index contributed by atoms with van der Waals surface area (Å²) >= 11 is 0. The van der Waals surface area contributed by atoms with Crippen LogP contribution in [0.15, 0.2) is 33.0 Å². The van der Waals surface area contributed by atoms with Crippen LogP contribution in [0.2, 0.25) is 0 Å². The lowest BCUT2D eigenvalue weighted by Gasteiger charge is -2.09. The molecule has 0 atom stereocenters. The van der Waals surface area contributed by atoms with Crippen LogP contribution in [-0.4, -0.2) is 19.2 Å². The number of nitrogens with zero attached hydrogens (tertiary/aromatic N) is 1. The van der Waals surface area contributed by atoms with Crippen molar-refractivity contribution >= 4 is 23.0 Å². The molecular formula is C20H15NO5. The molecular weight excluding hydrogens is 334 g/mol. The van der Waals surface area contributed by atoms with Crippen LogP contribution in [0.25, 0.3) is 17.0 Å². The Bertz CT molecular complexity index is 1060. The Labute approximate surface area is 149 Å². The Hall–Kier alpha value is -3.35. The molecule has 1 aromatic carbocycles. The number of carbonyl (C=O) groups is 1. The molecule has 2 heterocycles. The van der Waals surface area contributed by atoms with E-state index >= 15 is 0 Å². The van der Waals surface area contributed by atoms with Gasteiger partial charge in [0, 0.05) is 17.4 Å². The molecule has 0 saturated carbocycles. The van der Waals surface area contributed by atoms with E-state index in [1.165, 1.54) is 6.08 Å². The summed E-state index contributed by atoms with van der Waals surface area (Å²) in [6, 6.07) is 6.86. The zero-order valence-corrected chi connectivity index (χ0v) is 14.1. The third-order valence-electron chi connectivity index (χ3n) is 3.75. The zero-order chi connectivity index (χ0) is 18.5. The first-order valence-electron chi connectivity index (χ1n) is 8.08. The van der Waals surface area contributed by atoms with Gasteiger partial charge in [0.1, 0.15) is 17.2 Å². The van der Waals surface area contributed by atoms with Gasteiger partial charge in [0.2, 0.25) is 0 Å². The number of benzene rings is 1. The Morgan fingerprint density at radius 1 is 1.42 bits per heavy atom. The van der Waals surface area contributed by atoms with Gasteiger partial charge in [-0.15, -0.1) is 0 Å². The lowest BCUT2D eigenvalue weighted by atomic mass is 10.0. The molecule has 0 N–H and O–H groups in total. The van der Waals surface area contributed by atoms with E-state index in [1.54, 1.807) is 25.1 Å². The fraction of sp³-hybridized carbons (Fsp3) is 0.250. The SMILES string of the molecule is CCOC(=O)C(C#N)=Cc1cc2cc3c(cc2oc1=O)C#CCCOC3. The average Bonchev–Trinajstić information content (AvgIpc) is 2.60. The average molecular weight is 349 g/mol. The summed E-state index contributed by atoms with van der Waals surface area (Å²) in [5.74, 6) is 5.27.